The number of methoxy groups -OCH3 is 1. The second kappa shape index (κ2) is 6.86. The van der Waals surface area contributed by atoms with Gasteiger partial charge < -0.3 is 24.4 Å². The van der Waals surface area contributed by atoms with Crippen LogP contribution in [0.4, 0.5) is 0 Å². The first kappa shape index (κ1) is 18.6. The average Bonchev–Trinajstić information content (AvgIpc) is 3.04. The average molecular weight is 425 g/mol. The van der Waals surface area contributed by atoms with Gasteiger partial charge in [0.25, 0.3) is 0 Å². The van der Waals surface area contributed by atoms with Crippen LogP contribution < -0.4 is 4.74 Å². The third-order valence-electron chi connectivity index (χ3n) is 4.44. The summed E-state index contributed by atoms with van der Waals surface area (Å²) in [5.41, 5.74) is 0.555. The zero-order valence-corrected chi connectivity index (χ0v) is 15.6. The zero-order chi connectivity index (χ0) is 19.1. The van der Waals surface area contributed by atoms with Gasteiger partial charge in [-0.3, -0.25) is 0 Å². The highest BCUT2D eigenvalue weighted by atomic mass is 79.9. The highest BCUT2D eigenvalue weighted by Gasteiger charge is 2.54. The molecule has 0 aromatic heterocycles. The first-order valence-corrected chi connectivity index (χ1v) is 8.70. The van der Waals surface area contributed by atoms with Crippen molar-refractivity contribution in [2.75, 3.05) is 7.11 Å². The summed E-state index contributed by atoms with van der Waals surface area (Å²) in [5.74, 6) is -3.50. The molecule has 0 amide bonds. The molecule has 0 bridgehead atoms. The van der Waals surface area contributed by atoms with Gasteiger partial charge >= 0.3 is 11.9 Å². The lowest BCUT2D eigenvalue weighted by molar-refractivity contribution is -0.195. The number of aliphatic carboxylic acids is 2. The predicted octanol–water partition coefficient (Wildman–Crippen LogP) is 3.13. The molecule has 1 fully saturated rings. The summed E-state index contributed by atoms with van der Waals surface area (Å²) in [4.78, 5) is 22.8. The van der Waals surface area contributed by atoms with Crippen molar-refractivity contribution in [3.8, 4) is 5.75 Å². The molecule has 1 heterocycles. The molecule has 2 N–H and O–H groups in total. The van der Waals surface area contributed by atoms with E-state index in [9.17, 15) is 19.8 Å². The van der Waals surface area contributed by atoms with Gasteiger partial charge in [-0.15, -0.1) is 0 Å². The second-order valence-electron chi connectivity index (χ2n) is 5.88. The second-order valence-corrected chi connectivity index (χ2v) is 6.67. The summed E-state index contributed by atoms with van der Waals surface area (Å²) in [5, 5.41) is 20.3. The summed E-state index contributed by atoms with van der Waals surface area (Å²) in [6.07, 6.45) is -2.90. The number of benzene rings is 2. The Balaban J connectivity index is 2.08. The number of fused-ring (bicyclic) bond motifs is 1. The van der Waals surface area contributed by atoms with Crippen LogP contribution in [0, 0.1) is 0 Å². The van der Waals surface area contributed by atoms with E-state index in [1.165, 1.54) is 0 Å². The van der Waals surface area contributed by atoms with Crippen LogP contribution in [0.1, 0.15) is 18.9 Å². The van der Waals surface area contributed by atoms with Crippen molar-refractivity contribution in [2.45, 2.75) is 31.3 Å². The zero-order valence-electron chi connectivity index (χ0n) is 14.1. The highest BCUT2D eigenvalue weighted by molar-refractivity contribution is 9.10. The van der Waals surface area contributed by atoms with E-state index in [0.29, 0.717) is 11.3 Å². The van der Waals surface area contributed by atoms with Crippen molar-refractivity contribution in [3.05, 3.63) is 40.4 Å². The van der Waals surface area contributed by atoms with Crippen LogP contribution in [0.2, 0.25) is 0 Å². The first-order chi connectivity index (χ1) is 12.3. The van der Waals surface area contributed by atoms with Gasteiger partial charge in [0, 0.05) is 12.0 Å². The fourth-order valence-corrected chi connectivity index (χ4v) is 3.75. The maximum Gasteiger partial charge on any atom is 0.336 e. The molecule has 2 atom stereocenters. The Morgan fingerprint density at radius 1 is 1.15 bits per heavy atom. The summed E-state index contributed by atoms with van der Waals surface area (Å²) in [6, 6.07) is 9.01. The molecule has 0 radical (unpaired) electrons. The number of hydrogen-bond acceptors (Lipinski definition) is 5. The molecule has 1 aliphatic heterocycles. The molecule has 138 valence electrons. The first-order valence-electron chi connectivity index (χ1n) is 7.91. The number of carbonyl (C=O) groups is 2. The molecule has 0 aliphatic carbocycles. The monoisotopic (exact) mass is 424 g/mol. The van der Waals surface area contributed by atoms with Crippen molar-refractivity contribution in [1.29, 1.82) is 0 Å². The molecule has 7 nitrogen and oxygen atoms in total. The minimum atomic E-state index is -1.58. The smallest absolute Gasteiger partial charge is 0.336 e. The van der Waals surface area contributed by atoms with Crippen LogP contribution in [0.25, 0.3) is 10.8 Å². The summed E-state index contributed by atoms with van der Waals surface area (Å²) in [7, 11) is 1.57. The molecule has 1 saturated heterocycles. The highest BCUT2D eigenvalue weighted by Crippen LogP contribution is 2.42. The van der Waals surface area contributed by atoms with Gasteiger partial charge in [-0.2, -0.15) is 0 Å². The Bertz CT molecular complexity index is 857. The van der Waals surface area contributed by atoms with E-state index in [2.05, 4.69) is 15.9 Å². The van der Waals surface area contributed by atoms with E-state index in [0.717, 1.165) is 15.2 Å². The standard InChI is InChI=1S/C18H17BrO7/c1-3-18(25-14(16(20)21)15(26-18)17(22)23)10-5-6-11-9(8-10)4-7-12(24-2)13(11)19/h4-8,14-15H,3H2,1-2H3,(H,20,21)(H,22,23)/t14-,15-/m1/s1. The largest absolute Gasteiger partial charge is 0.496 e. The predicted molar refractivity (Wildman–Crippen MR) is 95.2 cm³/mol. The lowest BCUT2D eigenvalue weighted by atomic mass is 9.99. The van der Waals surface area contributed by atoms with E-state index in [1.807, 2.05) is 12.1 Å². The third-order valence-corrected chi connectivity index (χ3v) is 5.26. The van der Waals surface area contributed by atoms with Crippen molar-refractivity contribution in [3.63, 3.8) is 0 Å². The summed E-state index contributed by atoms with van der Waals surface area (Å²) >= 11 is 3.49. The molecule has 0 saturated carbocycles. The third kappa shape index (κ3) is 2.94. The fraction of sp³-hybridized carbons (Fsp3) is 0.333. The number of rotatable bonds is 5. The molecule has 0 spiro atoms. The Hall–Kier alpha value is -2.16. The van der Waals surface area contributed by atoms with Crippen LogP contribution in [0.15, 0.2) is 34.8 Å². The number of ether oxygens (including phenoxy) is 3. The van der Waals surface area contributed by atoms with Crippen molar-refractivity contribution < 1.29 is 34.0 Å². The van der Waals surface area contributed by atoms with Crippen molar-refractivity contribution in [2.24, 2.45) is 0 Å². The minimum Gasteiger partial charge on any atom is -0.496 e. The van der Waals surface area contributed by atoms with Crippen LogP contribution in [-0.2, 0) is 24.8 Å². The minimum absolute atomic E-state index is 0.253. The Labute approximate surface area is 157 Å². The van der Waals surface area contributed by atoms with E-state index in [-0.39, 0.29) is 6.42 Å². The number of hydrogen-bond donors (Lipinski definition) is 2. The summed E-state index contributed by atoms with van der Waals surface area (Å²) in [6.45, 7) is 1.75. The summed E-state index contributed by atoms with van der Waals surface area (Å²) < 4.78 is 17.3. The lowest BCUT2D eigenvalue weighted by Gasteiger charge is -2.27. The lowest BCUT2D eigenvalue weighted by Crippen LogP contribution is -2.36. The van der Waals surface area contributed by atoms with Gasteiger partial charge in [0.1, 0.15) is 5.75 Å². The van der Waals surface area contributed by atoms with Gasteiger partial charge in [-0.05, 0) is 38.8 Å². The normalized spacial score (nSPS) is 21.7. The molecule has 26 heavy (non-hydrogen) atoms. The quantitative estimate of drug-likeness (QED) is 0.759. The van der Waals surface area contributed by atoms with E-state index < -0.39 is 29.9 Å². The fourth-order valence-electron chi connectivity index (χ4n) is 3.09. The molecule has 3 rings (SSSR count). The van der Waals surface area contributed by atoms with Crippen LogP contribution in [-0.4, -0.2) is 41.5 Å². The van der Waals surface area contributed by atoms with Crippen LogP contribution in [0.3, 0.4) is 0 Å². The Morgan fingerprint density at radius 2 is 1.77 bits per heavy atom. The molecule has 2 aromatic rings. The maximum atomic E-state index is 11.4. The molecular formula is C18H17BrO7. The van der Waals surface area contributed by atoms with E-state index in [1.54, 1.807) is 32.2 Å². The maximum absolute atomic E-state index is 11.4. The van der Waals surface area contributed by atoms with Gasteiger partial charge in [0.2, 0.25) is 0 Å². The number of halogens is 1. The van der Waals surface area contributed by atoms with E-state index in [4.69, 9.17) is 14.2 Å². The SMILES string of the molecule is CCC1(c2ccc3c(Br)c(OC)ccc3c2)O[C@@H](C(=O)O)[C@H](C(=O)O)O1. The Morgan fingerprint density at radius 3 is 2.27 bits per heavy atom. The number of carboxylic acids is 2. The van der Waals surface area contributed by atoms with Crippen molar-refractivity contribution >= 4 is 38.6 Å². The van der Waals surface area contributed by atoms with Gasteiger partial charge in [0.05, 0.1) is 11.6 Å². The molecular weight excluding hydrogens is 408 g/mol. The van der Waals surface area contributed by atoms with Gasteiger partial charge in [-0.25, -0.2) is 9.59 Å². The molecule has 0 unspecified atom stereocenters. The van der Waals surface area contributed by atoms with E-state index >= 15 is 0 Å². The topological polar surface area (TPSA) is 102 Å². The molecule has 8 heteroatoms. The van der Waals surface area contributed by atoms with Gasteiger partial charge in [-0.1, -0.05) is 25.1 Å². The molecule has 1 aliphatic rings. The van der Waals surface area contributed by atoms with Crippen LogP contribution in [0.5, 0.6) is 5.75 Å². The number of carboxylic acid groups (broad SMARTS) is 2. The van der Waals surface area contributed by atoms with Crippen LogP contribution >= 0.6 is 15.9 Å². The van der Waals surface area contributed by atoms with Crippen molar-refractivity contribution in [1.82, 2.24) is 0 Å². The van der Waals surface area contributed by atoms with Gasteiger partial charge in [0.15, 0.2) is 18.0 Å². The Kier molecular flexibility index (Phi) is 4.92. The molecule has 2 aromatic carbocycles.